The van der Waals surface area contributed by atoms with Crippen molar-refractivity contribution in [1.29, 1.82) is 0 Å². The maximum absolute atomic E-state index is 13.9. The van der Waals surface area contributed by atoms with E-state index in [1.54, 1.807) is 0 Å². The fourth-order valence-corrected chi connectivity index (χ4v) is 3.46. The third-order valence-electron chi connectivity index (χ3n) is 3.45. The van der Waals surface area contributed by atoms with Crippen LogP contribution in [0, 0.1) is 5.82 Å². The Hall–Kier alpha value is -2.52. The van der Waals surface area contributed by atoms with Gasteiger partial charge >= 0.3 is 0 Å². The average molecular weight is 351 g/mol. The number of benzene rings is 1. The van der Waals surface area contributed by atoms with Crippen molar-refractivity contribution in [3.8, 4) is 0 Å². The minimum absolute atomic E-state index is 0.00679. The zero-order valence-electron chi connectivity index (χ0n) is 12.4. The van der Waals surface area contributed by atoms with Crippen molar-refractivity contribution in [2.45, 2.75) is 23.8 Å². The van der Waals surface area contributed by atoms with Gasteiger partial charge in [-0.15, -0.1) is 0 Å². The molecule has 0 saturated heterocycles. The maximum atomic E-state index is 13.9. The Morgan fingerprint density at radius 3 is 2.67 bits per heavy atom. The summed E-state index contributed by atoms with van der Waals surface area (Å²) in [6, 6.07) is 5.74. The van der Waals surface area contributed by atoms with E-state index in [1.807, 2.05) is 0 Å². The highest BCUT2D eigenvalue weighted by atomic mass is 32.2. The van der Waals surface area contributed by atoms with Gasteiger partial charge in [-0.3, -0.25) is 9.59 Å². The zero-order valence-corrected chi connectivity index (χ0v) is 13.2. The van der Waals surface area contributed by atoms with Gasteiger partial charge in [0.15, 0.2) is 0 Å². The van der Waals surface area contributed by atoms with Crippen molar-refractivity contribution in [2.75, 3.05) is 5.32 Å². The number of halogens is 1. The van der Waals surface area contributed by atoms with Gasteiger partial charge in [-0.2, -0.15) is 0 Å². The summed E-state index contributed by atoms with van der Waals surface area (Å²) in [6.07, 6.45) is 2.82. The molecule has 7 nitrogen and oxygen atoms in total. The smallest absolute Gasteiger partial charge is 0.271 e. The number of carbonyl (C=O) groups excluding carboxylic acids is 1. The molecule has 1 aliphatic carbocycles. The minimum atomic E-state index is -4.04. The van der Waals surface area contributed by atoms with Gasteiger partial charge < -0.3 is 10.3 Å². The predicted octanol–water partition coefficient (Wildman–Crippen LogP) is 1.21. The fourth-order valence-electron chi connectivity index (χ4n) is 2.05. The lowest BCUT2D eigenvalue weighted by molar-refractivity contribution is 0.102. The minimum Gasteiger partial charge on any atom is -0.327 e. The normalized spacial score (nSPS) is 14.4. The molecular formula is C15H14FN3O4S. The van der Waals surface area contributed by atoms with Crippen LogP contribution >= 0.6 is 0 Å². The average Bonchev–Trinajstić information content (AvgIpc) is 3.33. The van der Waals surface area contributed by atoms with Crippen LogP contribution < -0.4 is 15.6 Å². The van der Waals surface area contributed by atoms with Crippen LogP contribution in [0.25, 0.3) is 0 Å². The molecule has 1 aliphatic rings. The first kappa shape index (κ1) is 16.3. The third-order valence-corrected chi connectivity index (χ3v) is 4.98. The number of carbonyl (C=O) groups is 1. The number of pyridine rings is 1. The van der Waals surface area contributed by atoms with Gasteiger partial charge in [0.2, 0.25) is 10.0 Å². The first-order chi connectivity index (χ1) is 11.4. The highest BCUT2D eigenvalue weighted by Crippen LogP contribution is 2.24. The molecule has 1 aromatic carbocycles. The molecule has 126 valence electrons. The number of sulfonamides is 1. The second-order valence-corrected chi connectivity index (χ2v) is 7.09. The Bertz CT molecular complexity index is 951. The lowest BCUT2D eigenvalue weighted by Gasteiger charge is -2.09. The zero-order chi connectivity index (χ0) is 17.3. The van der Waals surface area contributed by atoms with Gasteiger partial charge in [-0.05, 0) is 43.2 Å². The van der Waals surface area contributed by atoms with Crippen LogP contribution in [0.5, 0.6) is 0 Å². The number of hydrogen-bond donors (Lipinski definition) is 3. The molecule has 24 heavy (non-hydrogen) atoms. The summed E-state index contributed by atoms with van der Waals surface area (Å²) in [5.41, 5.74) is -0.570. The van der Waals surface area contributed by atoms with Crippen molar-refractivity contribution in [3.63, 3.8) is 0 Å². The van der Waals surface area contributed by atoms with E-state index in [2.05, 4.69) is 15.0 Å². The first-order valence-corrected chi connectivity index (χ1v) is 8.66. The molecule has 1 amide bonds. The quantitative estimate of drug-likeness (QED) is 0.752. The summed E-state index contributed by atoms with van der Waals surface area (Å²) in [5, 5.41) is 2.36. The third kappa shape index (κ3) is 3.52. The van der Waals surface area contributed by atoms with E-state index in [-0.39, 0.29) is 17.3 Å². The number of hydrogen-bond acceptors (Lipinski definition) is 4. The van der Waals surface area contributed by atoms with Gasteiger partial charge in [-0.1, -0.05) is 0 Å². The van der Waals surface area contributed by atoms with Crippen LogP contribution in [0.2, 0.25) is 0 Å². The van der Waals surface area contributed by atoms with E-state index in [9.17, 15) is 22.4 Å². The van der Waals surface area contributed by atoms with Gasteiger partial charge in [0.25, 0.3) is 11.5 Å². The van der Waals surface area contributed by atoms with E-state index in [1.165, 1.54) is 18.3 Å². The van der Waals surface area contributed by atoms with Crippen LogP contribution in [0.1, 0.15) is 23.2 Å². The van der Waals surface area contributed by atoms with Gasteiger partial charge in [-0.25, -0.2) is 17.5 Å². The monoisotopic (exact) mass is 351 g/mol. The number of aromatic nitrogens is 1. The molecule has 0 spiro atoms. The van der Waals surface area contributed by atoms with Crippen LogP contribution in [0.3, 0.4) is 0 Å². The number of amides is 1. The van der Waals surface area contributed by atoms with E-state index in [0.29, 0.717) is 12.8 Å². The molecule has 1 fully saturated rings. The topological polar surface area (TPSA) is 108 Å². The summed E-state index contributed by atoms with van der Waals surface area (Å²) in [6.45, 7) is 0. The molecular weight excluding hydrogens is 337 g/mol. The lowest BCUT2D eigenvalue weighted by Crippen LogP contribution is -2.27. The van der Waals surface area contributed by atoms with E-state index >= 15 is 0 Å². The molecule has 3 N–H and O–H groups in total. The second-order valence-electron chi connectivity index (χ2n) is 5.41. The Morgan fingerprint density at radius 1 is 1.25 bits per heavy atom. The summed E-state index contributed by atoms with van der Waals surface area (Å²) in [5.74, 6) is -1.66. The molecule has 9 heteroatoms. The Labute approximate surface area is 137 Å². The van der Waals surface area contributed by atoms with E-state index in [4.69, 9.17) is 0 Å². The van der Waals surface area contributed by atoms with Gasteiger partial charge in [0.05, 0.1) is 0 Å². The SMILES string of the molecule is O=C(Nc1ccc[nH]c1=O)c1ccc(F)c(S(=O)(=O)NC2CC2)c1. The summed E-state index contributed by atoms with van der Waals surface area (Å²) < 4.78 is 40.5. The second kappa shape index (κ2) is 6.17. The van der Waals surface area contributed by atoms with Gasteiger partial charge in [0, 0.05) is 17.8 Å². The molecule has 0 atom stereocenters. The fraction of sp³-hybridized carbons (Fsp3) is 0.200. The van der Waals surface area contributed by atoms with E-state index < -0.39 is 32.2 Å². The van der Waals surface area contributed by atoms with Crippen molar-refractivity contribution in [1.82, 2.24) is 9.71 Å². The summed E-state index contributed by atoms with van der Waals surface area (Å²) in [7, 11) is -4.04. The maximum Gasteiger partial charge on any atom is 0.271 e. The van der Waals surface area contributed by atoms with Crippen LogP contribution in [0.15, 0.2) is 46.2 Å². The molecule has 0 unspecified atom stereocenters. The molecule has 0 radical (unpaired) electrons. The van der Waals surface area contributed by atoms with Crippen LogP contribution in [0.4, 0.5) is 10.1 Å². The van der Waals surface area contributed by atoms with Crippen LogP contribution in [-0.4, -0.2) is 25.4 Å². The Kier molecular flexibility index (Phi) is 4.20. The van der Waals surface area contributed by atoms with Crippen molar-refractivity contribution in [2.24, 2.45) is 0 Å². The van der Waals surface area contributed by atoms with Gasteiger partial charge in [0.1, 0.15) is 16.4 Å². The predicted molar refractivity (Wildman–Crippen MR) is 84.8 cm³/mol. The highest BCUT2D eigenvalue weighted by Gasteiger charge is 2.30. The van der Waals surface area contributed by atoms with Crippen molar-refractivity contribution >= 4 is 21.6 Å². The summed E-state index contributed by atoms with van der Waals surface area (Å²) in [4.78, 5) is 25.5. The molecule has 2 aromatic rings. The number of aromatic amines is 1. The molecule has 3 rings (SSSR count). The molecule has 1 saturated carbocycles. The number of H-pyrrole nitrogens is 1. The Balaban J connectivity index is 1.89. The van der Waals surface area contributed by atoms with Crippen molar-refractivity contribution in [3.05, 3.63) is 58.3 Å². The van der Waals surface area contributed by atoms with Crippen LogP contribution in [-0.2, 0) is 10.0 Å². The number of nitrogens with one attached hydrogen (secondary N) is 3. The first-order valence-electron chi connectivity index (χ1n) is 7.18. The number of anilines is 1. The molecule has 0 aliphatic heterocycles. The standard InChI is InChI=1S/C15H14FN3O4S/c16-11-6-3-9(8-13(11)24(22,23)19-10-4-5-10)14(20)18-12-2-1-7-17-15(12)21/h1-3,6-8,10,19H,4-5H2,(H,17,21)(H,18,20). The molecule has 1 heterocycles. The Morgan fingerprint density at radius 2 is 2.00 bits per heavy atom. The molecule has 1 aromatic heterocycles. The van der Waals surface area contributed by atoms with E-state index in [0.717, 1.165) is 18.2 Å². The molecule has 0 bridgehead atoms. The summed E-state index contributed by atoms with van der Waals surface area (Å²) >= 11 is 0. The van der Waals surface area contributed by atoms with Crippen molar-refractivity contribution < 1.29 is 17.6 Å². The largest absolute Gasteiger partial charge is 0.327 e. The lowest BCUT2D eigenvalue weighted by atomic mass is 10.2. The number of rotatable bonds is 5. The highest BCUT2D eigenvalue weighted by molar-refractivity contribution is 7.89.